The van der Waals surface area contributed by atoms with E-state index in [1.165, 1.54) is 35.0 Å². The molecule has 2 aliphatic heterocycles. The molecule has 0 bridgehead atoms. The Morgan fingerprint density at radius 2 is 1.94 bits per heavy atom. The van der Waals surface area contributed by atoms with E-state index in [0.717, 1.165) is 35.1 Å². The van der Waals surface area contributed by atoms with E-state index in [-0.39, 0.29) is 56.8 Å². The van der Waals surface area contributed by atoms with Gasteiger partial charge in [-0.05, 0) is 30.5 Å². The lowest BCUT2D eigenvalue weighted by Crippen LogP contribution is -2.71. The maximum atomic E-state index is 13.4. The Morgan fingerprint density at radius 3 is 2.59 bits per heavy atom. The Morgan fingerprint density at radius 1 is 1.20 bits per heavy atom. The van der Waals surface area contributed by atoms with Crippen molar-refractivity contribution in [2.45, 2.75) is 43.2 Å². The molecular formula is C29H31ClN6O10S3. The summed E-state index contributed by atoms with van der Waals surface area (Å²) in [6.07, 6.45) is 1.71. The number of hydrogen-bond donors (Lipinski definition) is 7. The second kappa shape index (κ2) is 15.6. The number of nitrogens with one attached hydrogen (secondary N) is 2. The Kier molecular flexibility index (Phi) is 11.5. The number of anilines is 1. The molecule has 262 valence electrons. The number of rotatable bonds is 14. The van der Waals surface area contributed by atoms with E-state index in [2.05, 4.69) is 20.8 Å². The predicted octanol–water partition coefficient (Wildman–Crippen LogP) is 2.06. The number of nitrogens with two attached hydrogens (primary N) is 1. The number of carbonyl (C=O) groups is 5. The molecule has 1 saturated heterocycles. The van der Waals surface area contributed by atoms with E-state index in [1.807, 2.05) is 0 Å². The highest BCUT2D eigenvalue weighted by Crippen LogP contribution is 2.41. The number of thioether (sulfide) groups is 2. The number of halogens is 1. The molecule has 1 aromatic heterocycles. The number of phenolic OH excluding ortho intramolecular Hbond substituents is 2. The number of aromatic nitrogens is 1. The van der Waals surface area contributed by atoms with Crippen LogP contribution in [0.15, 0.2) is 33.9 Å². The number of carboxylic acid groups (broad SMARTS) is 2. The summed E-state index contributed by atoms with van der Waals surface area (Å²) in [6, 6.07) is 1.30. The zero-order valence-electron chi connectivity index (χ0n) is 25.5. The summed E-state index contributed by atoms with van der Waals surface area (Å²) in [5.74, 6) is -5.11. The van der Waals surface area contributed by atoms with Crippen molar-refractivity contribution in [3.63, 3.8) is 0 Å². The number of fused-ring (bicyclic) bond motifs is 1. The van der Waals surface area contributed by atoms with Crippen LogP contribution >= 0.6 is 46.5 Å². The lowest BCUT2D eigenvalue weighted by atomic mass is 10.0. The number of phenols is 2. The quantitative estimate of drug-likeness (QED) is 0.0479. The number of aliphatic carboxylic acids is 2. The summed E-state index contributed by atoms with van der Waals surface area (Å²) >= 11 is 9.54. The molecule has 2 fully saturated rings. The van der Waals surface area contributed by atoms with Crippen molar-refractivity contribution in [3.8, 4) is 11.5 Å². The molecule has 16 nitrogen and oxygen atoms in total. The van der Waals surface area contributed by atoms with Crippen LogP contribution in [0.2, 0.25) is 5.02 Å². The van der Waals surface area contributed by atoms with Gasteiger partial charge in [0.05, 0.1) is 10.6 Å². The molecule has 2 aromatic rings. The smallest absolute Gasteiger partial charge is 0.352 e. The molecule has 20 heteroatoms. The fourth-order valence-electron chi connectivity index (χ4n) is 5.56. The van der Waals surface area contributed by atoms with Gasteiger partial charge in [-0.15, -0.1) is 23.1 Å². The number of aromatic hydroxyl groups is 2. The molecule has 1 saturated carbocycles. The van der Waals surface area contributed by atoms with Crippen molar-refractivity contribution in [3.05, 3.63) is 45.1 Å². The van der Waals surface area contributed by atoms with Gasteiger partial charge in [0, 0.05) is 35.1 Å². The number of oxime groups is 1. The normalized spacial score (nSPS) is 20.0. The molecule has 3 atom stereocenters. The Bertz CT molecular complexity index is 1730. The minimum Gasteiger partial charge on any atom is -0.504 e. The lowest BCUT2D eigenvalue weighted by Gasteiger charge is -2.49. The first-order chi connectivity index (χ1) is 23.4. The summed E-state index contributed by atoms with van der Waals surface area (Å²) in [4.78, 5) is 73.9. The fraction of sp³-hybridized carbons (Fsp3) is 0.414. The SMILES string of the molecule is Nc1nc(/C(=N/OC(C(=O)O)C2CCCC2)C(=O)N[C@@H]2C(=O)N3C(C(=O)O)=C(CSCCNC(=O)c4ccc(O)c(O)c4Cl)CS[C@H]23)cs1. The molecule has 3 aliphatic rings. The zero-order valence-corrected chi connectivity index (χ0v) is 28.7. The number of benzene rings is 1. The monoisotopic (exact) mass is 754 g/mol. The predicted molar refractivity (Wildman–Crippen MR) is 182 cm³/mol. The van der Waals surface area contributed by atoms with Gasteiger partial charge in [-0.2, -0.15) is 11.8 Å². The van der Waals surface area contributed by atoms with Gasteiger partial charge in [-0.3, -0.25) is 19.3 Å². The van der Waals surface area contributed by atoms with Crippen LogP contribution in [-0.4, -0.2) is 107 Å². The number of amides is 3. The highest BCUT2D eigenvalue weighted by molar-refractivity contribution is 8.01. The Balaban J connectivity index is 1.21. The molecule has 3 heterocycles. The maximum absolute atomic E-state index is 13.4. The van der Waals surface area contributed by atoms with Crippen LogP contribution in [0.3, 0.4) is 0 Å². The number of nitrogens with zero attached hydrogens (tertiary/aromatic N) is 3. The third-order valence-electron chi connectivity index (χ3n) is 7.99. The average molecular weight is 755 g/mol. The zero-order chi connectivity index (χ0) is 35.4. The molecule has 0 radical (unpaired) electrons. The van der Waals surface area contributed by atoms with Gasteiger partial charge in [0.2, 0.25) is 6.10 Å². The minimum atomic E-state index is -1.31. The van der Waals surface area contributed by atoms with Crippen LogP contribution in [0.5, 0.6) is 11.5 Å². The summed E-state index contributed by atoms with van der Waals surface area (Å²) in [6.45, 7) is 0.176. The van der Waals surface area contributed by atoms with Crippen molar-refractivity contribution in [1.29, 1.82) is 0 Å². The number of carbonyl (C=O) groups excluding carboxylic acids is 3. The highest BCUT2D eigenvalue weighted by atomic mass is 35.5. The van der Waals surface area contributed by atoms with Crippen LogP contribution in [0.4, 0.5) is 5.13 Å². The highest BCUT2D eigenvalue weighted by Gasteiger charge is 2.54. The molecule has 0 spiro atoms. The molecule has 1 unspecified atom stereocenters. The van der Waals surface area contributed by atoms with Crippen molar-refractivity contribution in [1.82, 2.24) is 20.5 Å². The van der Waals surface area contributed by atoms with E-state index in [1.54, 1.807) is 0 Å². The van der Waals surface area contributed by atoms with Crippen LogP contribution in [0.1, 0.15) is 41.7 Å². The third kappa shape index (κ3) is 7.84. The van der Waals surface area contributed by atoms with Crippen LogP contribution in [0.25, 0.3) is 0 Å². The van der Waals surface area contributed by atoms with Crippen molar-refractivity contribution < 1.29 is 49.2 Å². The number of hydrogen-bond acceptors (Lipinski definition) is 14. The van der Waals surface area contributed by atoms with E-state index in [0.29, 0.717) is 24.2 Å². The number of β-lactam (4-membered cyclic amide) rings is 1. The summed E-state index contributed by atoms with van der Waals surface area (Å²) in [5, 5.41) is 48.6. The summed E-state index contributed by atoms with van der Waals surface area (Å²) in [7, 11) is 0. The maximum Gasteiger partial charge on any atom is 0.352 e. The number of nitrogen functional groups attached to an aromatic ring is 1. The van der Waals surface area contributed by atoms with Gasteiger partial charge in [0.1, 0.15) is 22.8 Å². The largest absolute Gasteiger partial charge is 0.504 e. The first-order valence-corrected chi connectivity index (χ1v) is 18.3. The third-order valence-corrected chi connectivity index (χ3v) is 11.4. The molecule has 3 amide bonds. The van der Waals surface area contributed by atoms with Crippen LogP contribution in [0, 0.1) is 5.92 Å². The lowest BCUT2D eigenvalue weighted by molar-refractivity contribution is -0.154. The summed E-state index contributed by atoms with van der Waals surface area (Å²) in [5.41, 5.74) is 5.68. The van der Waals surface area contributed by atoms with E-state index in [4.69, 9.17) is 22.2 Å². The Hall–Kier alpha value is -4.20. The minimum absolute atomic E-state index is 0.0272. The van der Waals surface area contributed by atoms with Crippen molar-refractivity contribution >= 4 is 87.0 Å². The first kappa shape index (κ1) is 36.1. The van der Waals surface area contributed by atoms with E-state index in [9.17, 15) is 44.4 Å². The number of carboxylic acids is 2. The van der Waals surface area contributed by atoms with Gasteiger partial charge >= 0.3 is 11.9 Å². The van der Waals surface area contributed by atoms with Gasteiger partial charge in [0.25, 0.3) is 17.7 Å². The van der Waals surface area contributed by atoms with Crippen LogP contribution in [-0.2, 0) is 24.0 Å². The van der Waals surface area contributed by atoms with Gasteiger partial charge < -0.3 is 41.6 Å². The first-order valence-electron chi connectivity index (χ1n) is 14.8. The number of thiazole rings is 1. The topological polar surface area (TPSA) is 254 Å². The molecule has 1 aliphatic carbocycles. The van der Waals surface area contributed by atoms with E-state index >= 15 is 0 Å². The van der Waals surface area contributed by atoms with E-state index < -0.39 is 58.7 Å². The molecular weight excluding hydrogens is 724 g/mol. The summed E-state index contributed by atoms with van der Waals surface area (Å²) < 4.78 is 0. The van der Waals surface area contributed by atoms with Crippen LogP contribution < -0.4 is 16.4 Å². The standard InChI is InChI=1S/C29H31ClN6O10S3/c30-17-14(5-6-16(37)21(17)38)23(39)32-7-8-47-9-13-10-48-26-19(25(41)36(26)20(13)27(42)43)34-24(40)18(15-11-49-29(31)33-15)35-46-22(28(44)45)12-3-1-2-4-12/h5-6,11-12,19,22,26,37-38H,1-4,7-10H2,(H2,31,33)(H,32,39)(H,34,40)(H,42,43)(H,44,45)/b35-18-/t19-,22?,26-/m1/s1. The molecule has 5 rings (SSSR count). The molecule has 1 aromatic carbocycles. The second-order valence-corrected chi connectivity index (χ2v) is 14.6. The Labute approximate surface area is 296 Å². The van der Waals surface area contributed by atoms with Gasteiger partial charge in [0.15, 0.2) is 22.3 Å². The van der Waals surface area contributed by atoms with Crippen molar-refractivity contribution in [2.75, 3.05) is 29.5 Å². The molecule has 8 N–H and O–H groups in total. The molecule has 49 heavy (non-hydrogen) atoms. The van der Waals surface area contributed by atoms with Gasteiger partial charge in [-0.25, -0.2) is 14.6 Å². The second-order valence-electron chi connectivity index (χ2n) is 11.1. The van der Waals surface area contributed by atoms with Gasteiger partial charge in [-0.1, -0.05) is 29.6 Å². The van der Waals surface area contributed by atoms with Crippen molar-refractivity contribution in [2.24, 2.45) is 11.1 Å². The average Bonchev–Trinajstić information content (AvgIpc) is 3.75. The fourth-order valence-corrected chi connectivity index (χ4v) is 8.71.